The highest BCUT2D eigenvalue weighted by molar-refractivity contribution is 7.99. The zero-order chi connectivity index (χ0) is 18.5. The van der Waals surface area contributed by atoms with E-state index in [2.05, 4.69) is 15.9 Å². The van der Waals surface area contributed by atoms with Crippen LogP contribution in [-0.4, -0.2) is 61.6 Å². The molecule has 146 valence electrons. The lowest BCUT2D eigenvalue weighted by Gasteiger charge is -2.32. The molecule has 1 aromatic rings. The van der Waals surface area contributed by atoms with Gasteiger partial charge in [0.2, 0.25) is 0 Å². The average Bonchev–Trinajstić information content (AvgIpc) is 2.74. The molecule has 0 N–H and O–H groups in total. The number of hydrogen-bond acceptors (Lipinski definition) is 6. The quantitative estimate of drug-likeness (QED) is 0.724. The highest BCUT2D eigenvalue weighted by atomic mass is 32.2. The van der Waals surface area contributed by atoms with Crippen molar-refractivity contribution in [3.8, 4) is 6.07 Å². The van der Waals surface area contributed by atoms with Gasteiger partial charge in [0.15, 0.2) is 0 Å². The minimum absolute atomic E-state index is 0.772. The normalized spacial score (nSPS) is 20.9. The average molecular weight is 387 g/mol. The van der Waals surface area contributed by atoms with Gasteiger partial charge in [-0.3, -0.25) is 0 Å². The number of fused-ring (bicyclic) bond motifs is 1. The lowest BCUT2D eigenvalue weighted by Crippen LogP contribution is -2.38. The Kier molecular flexibility index (Phi) is 6.54. The van der Waals surface area contributed by atoms with E-state index >= 15 is 0 Å². The predicted octanol–water partition coefficient (Wildman–Crippen LogP) is 3.25. The first-order chi connectivity index (χ1) is 13.4. The Morgan fingerprint density at radius 3 is 2.44 bits per heavy atom. The van der Waals surface area contributed by atoms with Crippen LogP contribution in [0.1, 0.15) is 48.8 Å². The van der Waals surface area contributed by atoms with Crippen LogP contribution in [0.3, 0.4) is 0 Å². The van der Waals surface area contributed by atoms with Gasteiger partial charge in [-0.1, -0.05) is 6.42 Å². The van der Waals surface area contributed by atoms with Crippen molar-refractivity contribution in [3.63, 3.8) is 0 Å². The summed E-state index contributed by atoms with van der Waals surface area (Å²) in [7, 11) is 0. The van der Waals surface area contributed by atoms with Crippen LogP contribution in [0, 0.1) is 11.3 Å². The Morgan fingerprint density at radius 2 is 1.70 bits per heavy atom. The lowest BCUT2D eigenvalue weighted by atomic mass is 9.89. The van der Waals surface area contributed by atoms with E-state index < -0.39 is 0 Å². The molecule has 3 heterocycles. The number of rotatable bonds is 5. The Morgan fingerprint density at radius 1 is 0.963 bits per heavy atom. The van der Waals surface area contributed by atoms with Gasteiger partial charge in [-0.2, -0.15) is 5.26 Å². The van der Waals surface area contributed by atoms with E-state index in [-0.39, 0.29) is 0 Å². The number of ether oxygens (including phenoxy) is 1. The smallest absolute Gasteiger partial charge is 0.133 e. The minimum Gasteiger partial charge on any atom is -0.378 e. The van der Waals surface area contributed by atoms with Crippen molar-refractivity contribution in [3.05, 3.63) is 16.7 Å². The van der Waals surface area contributed by atoms with Crippen LogP contribution in [0.5, 0.6) is 0 Å². The van der Waals surface area contributed by atoms with Crippen molar-refractivity contribution in [2.45, 2.75) is 50.0 Å². The molecule has 2 aliphatic heterocycles. The van der Waals surface area contributed by atoms with Crippen LogP contribution in [0.25, 0.3) is 0 Å². The Balaban J connectivity index is 1.56. The Hall–Kier alpha value is -1.29. The maximum absolute atomic E-state index is 9.88. The topological polar surface area (TPSA) is 52.4 Å². The molecule has 0 radical (unpaired) electrons. The first kappa shape index (κ1) is 19.0. The molecule has 0 saturated carbocycles. The molecule has 2 fully saturated rings. The second-order valence-electron chi connectivity index (χ2n) is 7.74. The fourth-order valence-corrected chi connectivity index (χ4v) is 5.49. The number of pyridine rings is 1. The summed E-state index contributed by atoms with van der Waals surface area (Å²) in [6.45, 7) is 6.90. The van der Waals surface area contributed by atoms with Gasteiger partial charge in [0.25, 0.3) is 0 Å². The van der Waals surface area contributed by atoms with Gasteiger partial charge in [-0.25, -0.2) is 4.98 Å². The van der Waals surface area contributed by atoms with Crippen molar-refractivity contribution in [1.82, 2.24) is 9.88 Å². The molecule has 6 heteroatoms. The van der Waals surface area contributed by atoms with Gasteiger partial charge in [0, 0.05) is 25.4 Å². The van der Waals surface area contributed by atoms with E-state index in [1.807, 2.05) is 0 Å². The second-order valence-corrected chi connectivity index (χ2v) is 8.83. The lowest BCUT2D eigenvalue weighted by molar-refractivity contribution is 0.122. The van der Waals surface area contributed by atoms with Gasteiger partial charge in [0.05, 0.1) is 18.8 Å². The number of piperidine rings is 1. The fourth-order valence-electron chi connectivity index (χ4n) is 4.49. The van der Waals surface area contributed by atoms with Gasteiger partial charge < -0.3 is 14.5 Å². The van der Waals surface area contributed by atoms with E-state index in [0.717, 1.165) is 67.8 Å². The van der Waals surface area contributed by atoms with E-state index in [1.54, 1.807) is 11.8 Å². The van der Waals surface area contributed by atoms with E-state index in [4.69, 9.17) is 9.72 Å². The summed E-state index contributed by atoms with van der Waals surface area (Å²) in [6, 6.07) is 2.50. The number of thioether (sulfide) groups is 1. The molecule has 1 aromatic heterocycles. The van der Waals surface area contributed by atoms with E-state index in [0.29, 0.717) is 0 Å². The van der Waals surface area contributed by atoms with Crippen molar-refractivity contribution >= 4 is 17.6 Å². The SMILES string of the molecule is N#Cc1c(SCCN2CCCCC2)nc(N2CCOCC2)c2c1CCCC2. The number of nitriles is 1. The molecule has 2 saturated heterocycles. The summed E-state index contributed by atoms with van der Waals surface area (Å²) in [4.78, 5) is 9.99. The first-order valence-electron chi connectivity index (χ1n) is 10.5. The maximum Gasteiger partial charge on any atom is 0.133 e. The summed E-state index contributed by atoms with van der Waals surface area (Å²) in [5.41, 5.74) is 3.46. The number of likely N-dealkylation sites (tertiary alicyclic amines) is 1. The van der Waals surface area contributed by atoms with Crippen molar-refractivity contribution in [1.29, 1.82) is 5.26 Å². The van der Waals surface area contributed by atoms with Gasteiger partial charge in [-0.15, -0.1) is 11.8 Å². The fraction of sp³-hybridized carbons (Fsp3) is 0.714. The third-order valence-electron chi connectivity index (χ3n) is 5.98. The molecule has 1 aliphatic carbocycles. The number of morpholine rings is 1. The van der Waals surface area contributed by atoms with Gasteiger partial charge in [0.1, 0.15) is 16.9 Å². The van der Waals surface area contributed by atoms with E-state index in [1.165, 1.54) is 56.3 Å². The minimum atomic E-state index is 0.772. The Labute approximate surface area is 167 Å². The molecule has 0 atom stereocenters. The molecule has 0 amide bonds. The molecular weight excluding hydrogens is 356 g/mol. The maximum atomic E-state index is 9.88. The highest BCUT2D eigenvalue weighted by Crippen LogP contribution is 2.36. The van der Waals surface area contributed by atoms with Crippen molar-refractivity contribution in [2.75, 3.05) is 56.6 Å². The number of hydrogen-bond donors (Lipinski definition) is 0. The first-order valence-corrected chi connectivity index (χ1v) is 11.5. The molecular formula is C21H30N4OS. The Bertz CT molecular complexity index is 690. The molecule has 4 rings (SSSR count). The summed E-state index contributed by atoms with van der Waals surface area (Å²) in [5.74, 6) is 2.15. The number of nitrogens with zero attached hydrogens (tertiary/aromatic N) is 4. The molecule has 0 aromatic carbocycles. The van der Waals surface area contributed by atoms with E-state index in [9.17, 15) is 5.26 Å². The third-order valence-corrected chi connectivity index (χ3v) is 6.93. The monoisotopic (exact) mass is 386 g/mol. The zero-order valence-corrected chi connectivity index (χ0v) is 17.0. The van der Waals surface area contributed by atoms with Crippen molar-refractivity contribution < 1.29 is 4.74 Å². The predicted molar refractivity (Wildman–Crippen MR) is 110 cm³/mol. The van der Waals surface area contributed by atoms with Crippen LogP contribution >= 0.6 is 11.8 Å². The molecule has 27 heavy (non-hydrogen) atoms. The van der Waals surface area contributed by atoms with Crippen LogP contribution in [-0.2, 0) is 17.6 Å². The molecule has 3 aliphatic rings. The number of aromatic nitrogens is 1. The number of anilines is 1. The largest absolute Gasteiger partial charge is 0.378 e. The molecule has 0 unspecified atom stereocenters. The summed E-state index contributed by atoms with van der Waals surface area (Å²) < 4.78 is 5.54. The highest BCUT2D eigenvalue weighted by Gasteiger charge is 2.26. The third kappa shape index (κ3) is 4.42. The summed E-state index contributed by atoms with van der Waals surface area (Å²) >= 11 is 1.78. The van der Waals surface area contributed by atoms with Gasteiger partial charge in [-0.05, 0) is 62.7 Å². The van der Waals surface area contributed by atoms with Crippen LogP contribution in [0.2, 0.25) is 0 Å². The van der Waals surface area contributed by atoms with Crippen LogP contribution < -0.4 is 4.90 Å². The van der Waals surface area contributed by atoms with Crippen LogP contribution in [0.15, 0.2) is 5.03 Å². The standard InChI is InChI=1S/C21H30N4OS/c22-16-19-17-6-2-3-7-18(17)20(25-10-13-26-14-11-25)23-21(19)27-15-12-24-8-4-1-5-9-24/h1-15H2. The van der Waals surface area contributed by atoms with Crippen molar-refractivity contribution in [2.24, 2.45) is 0 Å². The summed E-state index contributed by atoms with van der Waals surface area (Å²) in [5, 5.41) is 10.8. The van der Waals surface area contributed by atoms with Gasteiger partial charge >= 0.3 is 0 Å². The van der Waals surface area contributed by atoms with Crippen LogP contribution in [0.4, 0.5) is 5.82 Å². The summed E-state index contributed by atoms with van der Waals surface area (Å²) in [6.07, 6.45) is 8.50. The second kappa shape index (κ2) is 9.27. The zero-order valence-electron chi connectivity index (χ0n) is 16.2. The molecule has 0 bridgehead atoms. The molecule has 0 spiro atoms. The molecule has 5 nitrogen and oxygen atoms in total.